The molecule has 4 aromatic carbocycles. The fourth-order valence-electron chi connectivity index (χ4n) is 7.21. The Morgan fingerprint density at radius 2 is 0.793 bits per heavy atom. The molecule has 8 amide bonds. The number of nitrogens with zero attached hydrogens (tertiary/aromatic N) is 4. The van der Waals surface area contributed by atoms with Gasteiger partial charge in [0.15, 0.2) is 0 Å². The number of aliphatic imine (C=N–C) groups is 2. The van der Waals surface area contributed by atoms with Crippen molar-refractivity contribution in [2.75, 3.05) is 57.9 Å². The number of aryl methyl sites for hydroxylation is 2. The molecule has 0 spiro atoms. The number of carbonyl (C=O) groups is 10. The summed E-state index contributed by atoms with van der Waals surface area (Å²) in [7, 11) is 3.31. The zero-order valence-electron chi connectivity index (χ0n) is 50.2. The highest BCUT2D eigenvalue weighted by molar-refractivity contribution is 5.88. The van der Waals surface area contributed by atoms with Crippen molar-refractivity contribution < 1.29 is 76.4 Å². The number of aromatic nitrogens is 4. The first-order valence-electron chi connectivity index (χ1n) is 26.9. The lowest BCUT2D eigenvalue weighted by Gasteiger charge is -2.11. The van der Waals surface area contributed by atoms with E-state index in [2.05, 4.69) is 72.5 Å². The average molecular weight is 1280 g/mol. The van der Waals surface area contributed by atoms with Crippen LogP contribution >= 0.6 is 0 Å². The Hall–Kier alpha value is -12.2. The van der Waals surface area contributed by atoms with Crippen LogP contribution in [0.1, 0.15) is 73.6 Å². The van der Waals surface area contributed by atoms with Crippen LogP contribution in [0.3, 0.4) is 0 Å². The Kier molecular flexibility index (Phi) is 31.8. The van der Waals surface area contributed by atoms with Crippen LogP contribution in [0.5, 0.6) is 23.0 Å². The molecule has 2 heterocycles. The summed E-state index contributed by atoms with van der Waals surface area (Å²) >= 11 is 0. The zero-order chi connectivity index (χ0) is 65.2. The second kappa shape index (κ2) is 39.6. The fraction of sp³-hybridized carbons (Fsp3) is 0.241. The second-order valence-corrected chi connectivity index (χ2v) is 18.1. The van der Waals surface area contributed by atoms with Crippen molar-refractivity contribution in [2.45, 2.75) is 46.0 Å². The Bertz CT molecular complexity index is 3660. The van der Waals surface area contributed by atoms with Crippen LogP contribution in [0.15, 0.2) is 117 Å². The molecule has 0 aliphatic heterocycles. The van der Waals surface area contributed by atoms with Crippen molar-refractivity contribution in [1.82, 2.24) is 64.1 Å². The van der Waals surface area contributed by atoms with Gasteiger partial charge in [-0.3, -0.25) is 59.4 Å². The molecule has 0 bridgehead atoms. The summed E-state index contributed by atoms with van der Waals surface area (Å²) in [4.78, 5) is 163. The number of benzene rings is 4. The highest BCUT2D eigenvalue weighted by atomic mass is 16.6. The third kappa shape index (κ3) is 27.2. The van der Waals surface area contributed by atoms with Gasteiger partial charge >= 0.3 is 48.4 Å². The number of esters is 2. The Labute approximate surface area is 523 Å². The standard InChI is InChI=1S/C31H35N7O8.C27H27N7O10.2H3N/c1-20-25(15-16-44-26(39)5-4-6-27(40)45-23-11-7-21(8-12-23)17-32-2)28(41)37-29(36-20)38-30(42)34-19-35-31(43)46-24-13-9-22(10-14-24)18-33-3;1-16-21(10-11-42-25(39)29-15-31-27(41)44-20-8-4-18(13-36)5-9-20)22(37)33-23(32-16)34-24(38)28-14-30-26(40)43-19-6-2-17(12-35)3-7-19;;/h7-14,17-18H,4-6,15-16,19H2,1-3H3,(H,35,43)(H3,34,36,37,38,41,42);2-9,12-13H,10-11,14-15H2,1H3,(H,29,39)(H,30,40)(H,31,41)(H3,28,32,33,34,37,38);2*1H3. The van der Waals surface area contributed by atoms with Gasteiger partial charge in [0.05, 0.1) is 44.6 Å². The second-order valence-electron chi connectivity index (χ2n) is 18.1. The number of aromatic amines is 2. The van der Waals surface area contributed by atoms with E-state index in [0.29, 0.717) is 40.9 Å². The van der Waals surface area contributed by atoms with Gasteiger partial charge in [0.1, 0.15) is 35.6 Å². The largest absolute Gasteiger partial charge is 0.465 e. The molecule has 0 saturated heterocycles. The third-order valence-corrected chi connectivity index (χ3v) is 11.5. The Morgan fingerprint density at radius 1 is 0.457 bits per heavy atom. The highest BCUT2D eigenvalue weighted by Gasteiger charge is 2.16. The van der Waals surface area contributed by atoms with Crippen molar-refractivity contribution in [3.63, 3.8) is 0 Å². The Morgan fingerprint density at radius 3 is 1.16 bits per heavy atom. The number of carbonyl (C=O) groups excluding carboxylic acids is 10. The molecule has 34 heteroatoms. The van der Waals surface area contributed by atoms with Gasteiger partial charge in [0.2, 0.25) is 11.9 Å². The van der Waals surface area contributed by atoms with E-state index in [-0.39, 0.29) is 118 Å². The molecule has 34 nitrogen and oxygen atoms in total. The van der Waals surface area contributed by atoms with Crippen LogP contribution in [0.4, 0.5) is 40.7 Å². The minimum atomic E-state index is -0.870. The maximum atomic E-state index is 12.6. The molecule has 0 aliphatic rings. The number of ether oxygens (including phenoxy) is 6. The number of anilines is 2. The van der Waals surface area contributed by atoms with Crippen LogP contribution in [0, 0.1) is 13.8 Å². The van der Waals surface area contributed by atoms with Crippen LogP contribution < -0.4 is 84.9 Å². The van der Waals surface area contributed by atoms with E-state index < -0.39 is 59.5 Å². The maximum Gasteiger partial charge on any atom is 0.413 e. The average Bonchev–Trinajstić information content (AvgIpc) is 1.20. The van der Waals surface area contributed by atoms with E-state index in [9.17, 15) is 57.5 Å². The molecule has 92 heavy (non-hydrogen) atoms. The van der Waals surface area contributed by atoms with E-state index >= 15 is 0 Å². The summed E-state index contributed by atoms with van der Waals surface area (Å²) in [6.45, 7) is 1.95. The lowest BCUT2D eigenvalue weighted by molar-refractivity contribution is -0.143. The molecule has 488 valence electrons. The molecule has 0 unspecified atom stereocenters. The topological polar surface area (TPSA) is 509 Å². The minimum Gasteiger partial charge on any atom is -0.465 e. The smallest absolute Gasteiger partial charge is 0.413 e. The van der Waals surface area contributed by atoms with Crippen LogP contribution in [-0.4, -0.2) is 141 Å². The number of alkyl carbamates (subject to hydrolysis) is 1. The molecular formula is C58H68N16O18. The van der Waals surface area contributed by atoms with Gasteiger partial charge in [-0.1, -0.05) is 0 Å². The van der Waals surface area contributed by atoms with Gasteiger partial charge < -0.3 is 72.6 Å². The molecule has 0 atom stereocenters. The summed E-state index contributed by atoms with van der Waals surface area (Å²) in [5.41, 5.74) is 2.52. The molecule has 0 radical (unpaired) electrons. The van der Waals surface area contributed by atoms with E-state index in [1.54, 1.807) is 82.0 Å². The Balaban J connectivity index is 0.000000470. The summed E-state index contributed by atoms with van der Waals surface area (Å²) in [6.07, 6.45) is 1.62. The lowest BCUT2D eigenvalue weighted by atomic mass is 10.2. The first-order chi connectivity index (χ1) is 43.3. The van der Waals surface area contributed by atoms with Gasteiger partial charge in [0, 0.05) is 74.5 Å². The molecule has 16 N–H and O–H groups in total. The SMILES string of the molecule is CN=Cc1ccc(OC(=O)CCCC(=O)OCCc2c(C)nc(NC(=O)NCNC(=O)Oc3ccc(C=NC)cc3)[nH]c2=O)cc1.Cc1nc(NC(=O)NCNC(=O)Oc2ccc(C=O)cc2)[nH]c(=O)c1CCOC(=O)NCNC(=O)Oc1ccc(C=O)cc1.N.N. The number of rotatable bonds is 26. The molecule has 2 aromatic heterocycles. The molecule has 0 saturated carbocycles. The van der Waals surface area contributed by atoms with Crippen LogP contribution in [0.25, 0.3) is 0 Å². The van der Waals surface area contributed by atoms with E-state index in [1.807, 2.05) is 0 Å². The van der Waals surface area contributed by atoms with Gasteiger partial charge in [0.25, 0.3) is 11.1 Å². The predicted molar refractivity (Wildman–Crippen MR) is 332 cm³/mol. The highest BCUT2D eigenvalue weighted by Crippen LogP contribution is 2.16. The number of hydrogen-bond acceptors (Lipinski definition) is 24. The monoisotopic (exact) mass is 1280 g/mol. The maximum absolute atomic E-state index is 12.6. The first-order valence-corrected chi connectivity index (χ1v) is 26.9. The summed E-state index contributed by atoms with van der Waals surface area (Å²) < 4.78 is 30.5. The number of amides is 8. The van der Waals surface area contributed by atoms with E-state index in [4.69, 9.17) is 28.4 Å². The van der Waals surface area contributed by atoms with Crippen molar-refractivity contribution in [1.29, 1.82) is 0 Å². The lowest BCUT2D eigenvalue weighted by Crippen LogP contribution is -2.41. The van der Waals surface area contributed by atoms with Crippen molar-refractivity contribution in [2.24, 2.45) is 9.98 Å². The summed E-state index contributed by atoms with van der Waals surface area (Å²) in [5, 5.41) is 18.6. The minimum absolute atomic E-state index is 0. The van der Waals surface area contributed by atoms with Gasteiger partial charge in [-0.05, 0) is 128 Å². The normalized spacial score (nSPS) is 10.2. The third-order valence-electron chi connectivity index (χ3n) is 11.5. The summed E-state index contributed by atoms with van der Waals surface area (Å²) in [5.74, 6) is -0.184. The van der Waals surface area contributed by atoms with Gasteiger partial charge in [-0.2, -0.15) is 0 Å². The number of urea groups is 2. The van der Waals surface area contributed by atoms with Gasteiger partial charge in [-0.15, -0.1) is 0 Å². The van der Waals surface area contributed by atoms with Crippen LogP contribution in [0.2, 0.25) is 0 Å². The van der Waals surface area contributed by atoms with Crippen molar-refractivity contribution >= 4 is 85.3 Å². The number of nitrogens with one attached hydrogen (secondary N) is 10. The van der Waals surface area contributed by atoms with Crippen molar-refractivity contribution in [3.8, 4) is 23.0 Å². The van der Waals surface area contributed by atoms with E-state index in [0.717, 1.165) is 11.1 Å². The molecule has 0 fully saturated rings. The van der Waals surface area contributed by atoms with Crippen LogP contribution in [-0.2, 0) is 31.9 Å². The van der Waals surface area contributed by atoms with Crippen molar-refractivity contribution in [3.05, 3.63) is 163 Å². The number of hydrogen-bond donors (Lipinski definition) is 12. The number of aldehydes is 2. The molecular weight excluding hydrogens is 1210 g/mol. The first kappa shape index (κ1) is 74.1. The molecule has 6 rings (SSSR count). The van der Waals surface area contributed by atoms with Gasteiger partial charge in [-0.25, -0.2) is 38.7 Å². The quantitative estimate of drug-likeness (QED) is 0.0114. The fourth-order valence-corrected chi connectivity index (χ4v) is 7.21. The van der Waals surface area contributed by atoms with E-state index in [1.165, 1.54) is 55.5 Å². The molecule has 0 aliphatic carbocycles. The summed E-state index contributed by atoms with van der Waals surface area (Å²) in [6, 6.07) is 23.6. The number of H-pyrrole nitrogens is 2. The predicted octanol–water partition coefficient (Wildman–Crippen LogP) is 4.81. The molecule has 6 aromatic rings. The zero-order valence-corrected chi connectivity index (χ0v) is 50.2.